The number of carbonyl (C=O) groups excluding carboxylic acids is 2. The van der Waals surface area contributed by atoms with Crippen molar-refractivity contribution >= 4 is 39.1 Å². The molecule has 0 aromatic carbocycles. The fourth-order valence-corrected chi connectivity index (χ4v) is 3.73. The zero-order valence-corrected chi connectivity index (χ0v) is 12.4. The molecule has 0 unspecified atom stereocenters. The first-order chi connectivity index (χ1) is 10.0. The van der Waals surface area contributed by atoms with Crippen molar-refractivity contribution in [2.75, 3.05) is 12.3 Å². The third kappa shape index (κ3) is 2.04. The van der Waals surface area contributed by atoms with Crippen LogP contribution < -0.4 is 11.5 Å². The summed E-state index contributed by atoms with van der Waals surface area (Å²) >= 11 is 1.13. The number of nitrogen functional groups attached to an aromatic ring is 1. The Bertz CT molecular complexity index is 767. The number of amides is 1. The van der Waals surface area contributed by atoms with Crippen molar-refractivity contribution in [1.29, 1.82) is 0 Å². The minimum absolute atomic E-state index is 0.229. The summed E-state index contributed by atoms with van der Waals surface area (Å²) in [5.74, 6) is -1.02. The highest BCUT2D eigenvalue weighted by Gasteiger charge is 2.28. The molecule has 7 heteroatoms. The molecule has 0 atom stereocenters. The average Bonchev–Trinajstić information content (AvgIpc) is 3.01. The summed E-state index contributed by atoms with van der Waals surface area (Å²) in [6, 6.07) is 0. The molecule has 2 aromatic heterocycles. The standard InChI is InChI=1S/C14H15N3O3S/c1-2-20-14(19)8-6-4-3-5-7(6)17-13-9(8)10(15)11(21-13)12(16)18/h2-5,15H2,1H3,(H2,16,18). The number of ether oxygens (including phenoxy) is 1. The van der Waals surface area contributed by atoms with E-state index in [0.717, 1.165) is 41.9 Å². The van der Waals surface area contributed by atoms with Crippen molar-refractivity contribution in [2.45, 2.75) is 26.2 Å². The van der Waals surface area contributed by atoms with Gasteiger partial charge in [0.2, 0.25) is 0 Å². The molecule has 0 saturated heterocycles. The number of hydrogen-bond acceptors (Lipinski definition) is 6. The lowest BCUT2D eigenvalue weighted by molar-refractivity contribution is 0.0527. The molecule has 0 radical (unpaired) electrons. The number of pyridine rings is 1. The van der Waals surface area contributed by atoms with Crippen LogP contribution in [0.15, 0.2) is 0 Å². The topological polar surface area (TPSA) is 108 Å². The number of anilines is 1. The van der Waals surface area contributed by atoms with Crippen LogP contribution in [0, 0.1) is 0 Å². The number of aryl methyl sites for hydroxylation is 1. The van der Waals surface area contributed by atoms with Crippen molar-refractivity contribution in [2.24, 2.45) is 5.73 Å². The number of fused-ring (bicyclic) bond motifs is 2. The third-order valence-electron chi connectivity index (χ3n) is 3.61. The number of thiophene rings is 1. The van der Waals surface area contributed by atoms with Gasteiger partial charge in [0.25, 0.3) is 5.91 Å². The number of aromatic nitrogens is 1. The smallest absolute Gasteiger partial charge is 0.339 e. The Balaban J connectivity index is 2.35. The van der Waals surface area contributed by atoms with Gasteiger partial charge in [0, 0.05) is 11.1 Å². The lowest BCUT2D eigenvalue weighted by atomic mass is 10.0. The molecule has 1 aliphatic rings. The molecule has 1 amide bonds. The van der Waals surface area contributed by atoms with Crippen LogP contribution >= 0.6 is 11.3 Å². The van der Waals surface area contributed by atoms with E-state index in [9.17, 15) is 9.59 Å². The molecule has 4 N–H and O–H groups in total. The van der Waals surface area contributed by atoms with Crippen molar-refractivity contribution in [1.82, 2.24) is 4.98 Å². The highest BCUT2D eigenvalue weighted by Crippen LogP contribution is 2.39. The van der Waals surface area contributed by atoms with Crippen molar-refractivity contribution in [3.05, 3.63) is 21.7 Å². The van der Waals surface area contributed by atoms with Gasteiger partial charge >= 0.3 is 5.97 Å². The van der Waals surface area contributed by atoms with E-state index in [1.807, 2.05) is 0 Å². The second-order valence-electron chi connectivity index (χ2n) is 4.88. The highest BCUT2D eigenvalue weighted by molar-refractivity contribution is 7.21. The molecule has 1 aliphatic carbocycles. The maximum absolute atomic E-state index is 12.3. The van der Waals surface area contributed by atoms with E-state index in [-0.39, 0.29) is 17.2 Å². The normalized spacial score (nSPS) is 13.4. The summed E-state index contributed by atoms with van der Waals surface area (Å²) in [5.41, 5.74) is 13.8. The van der Waals surface area contributed by atoms with Crippen LogP contribution in [-0.2, 0) is 17.6 Å². The van der Waals surface area contributed by atoms with Gasteiger partial charge in [-0.25, -0.2) is 9.78 Å². The molecule has 0 bridgehead atoms. The molecular formula is C14H15N3O3S. The predicted octanol–water partition coefficient (Wildman–Crippen LogP) is 1.64. The first-order valence-electron chi connectivity index (χ1n) is 6.75. The van der Waals surface area contributed by atoms with Crippen LogP contribution in [0.2, 0.25) is 0 Å². The van der Waals surface area contributed by atoms with Gasteiger partial charge in [-0.2, -0.15) is 0 Å². The molecule has 0 saturated carbocycles. The minimum atomic E-state index is -0.606. The van der Waals surface area contributed by atoms with E-state index < -0.39 is 11.9 Å². The van der Waals surface area contributed by atoms with Gasteiger partial charge in [-0.05, 0) is 31.7 Å². The Morgan fingerprint density at radius 2 is 2.14 bits per heavy atom. The zero-order valence-electron chi connectivity index (χ0n) is 11.6. The first-order valence-corrected chi connectivity index (χ1v) is 7.56. The van der Waals surface area contributed by atoms with Crippen LogP contribution in [0.5, 0.6) is 0 Å². The minimum Gasteiger partial charge on any atom is -0.462 e. The van der Waals surface area contributed by atoms with Crippen LogP contribution in [0.25, 0.3) is 10.2 Å². The third-order valence-corrected chi connectivity index (χ3v) is 4.72. The quantitative estimate of drug-likeness (QED) is 0.838. The molecule has 6 nitrogen and oxygen atoms in total. The second kappa shape index (κ2) is 5.00. The molecular weight excluding hydrogens is 290 g/mol. The van der Waals surface area contributed by atoms with Gasteiger partial charge in [0.1, 0.15) is 9.71 Å². The summed E-state index contributed by atoms with van der Waals surface area (Å²) in [4.78, 5) is 29.2. The van der Waals surface area contributed by atoms with E-state index in [0.29, 0.717) is 15.8 Å². The monoisotopic (exact) mass is 305 g/mol. The van der Waals surface area contributed by atoms with E-state index in [2.05, 4.69) is 4.98 Å². The summed E-state index contributed by atoms with van der Waals surface area (Å²) in [7, 11) is 0. The van der Waals surface area contributed by atoms with Crippen molar-refractivity contribution < 1.29 is 14.3 Å². The average molecular weight is 305 g/mol. The number of primary amides is 1. The van der Waals surface area contributed by atoms with Crippen molar-refractivity contribution in [3.63, 3.8) is 0 Å². The Labute approximate surface area is 125 Å². The fraction of sp³-hybridized carbons (Fsp3) is 0.357. The molecule has 3 rings (SSSR count). The SMILES string of the molecule is CCOC(=O)c1c2c(nc3sc(C(N)=O)c(N)c13)CCC2. The number of hydrogen-bond donors (Lipinski definition) is 2. The molecule has 21 heavy (non-hydrogen) atoms. The summed E-state index contributed by atoms with van der Waals surface area (Å²) in [6.45, 7) is 2.03. The molecule has 2 aromatic rings. The Kier molecular flexibility index (Phi) is 3.29. The van der Waals surface area contributed by atoms with Gasteiger partial charge < -0.3 is 16.2 Å². The number of esters is 1. The van der Waals surface area contributed by atoms with E-state index in [1.54, 1.807) is 6.92 Å². The van der Waals surface area contributed by atoms with Crippen LogP contribution in [0.1, 0.15) is 44.6 Å². The number of carbonyl (C=O) groups is 2. The molecule has 0 spiro atoms. The number of nitrogens with two attached hydrogens (primary N) is 2. The van der Waals surface area contributed by atoms with Crippen molar-refractivity contribution in [3.8, 4) is 0 Å². The van der Waals surface area contributed by atoms with E-state index in [1.165, 1.54) is 0 Å². The Hall–Kier alpha value is -2.15. The van der Waals surface area contributed by atoms with E-state index >= 15 is 0 Å². The molecule has 2 heterocycles. The van der Waals surface area contributed by atoms with Crippen LogP contribution in [-0.4, -0.2) is 23.5 Å². The Morgan fingerprint density at radius 3 is 2.81 bits per heavy atom. The molecule has 0 fully saturated rings. The maximum atomic E-state index is 12.3. The molecule has 110 valence electrons. The molecule has 0 aliphatic heterocycles. The van der Waals surface area contributed by atoms with Gasteiger partial charge in [-0.15, -0.1) is 11.3 Å². The Morgan fingerprint density at radius 1 is 1.38 bits per heavy atom. The summed E-state index contributed by atoms with van der Waals surface area (Å²) in [6.07, 6.45) is 2.55. The van der Waals surface area contributed by atoms with E-state index in [4.69, 9.17) is 16.2 Å². The van der Waals surface area contributed by atoms with Gasteiger partial charge in [-0.3, -0.25) is 4.79 Å². The lowest BCUT2D eigenvalue weighted by Gasteiger charge is -2.09. The van der Waals surface area contributed by atoms with Crippen LogP contribution in [0.4, 0.5) is 5.69 Å². The predicted molar refractivity (Wildman–Crippen MR) is 80.5 cm³/mol. The van der Waals surface area contributed by atoms with Gasteiger partial charge in [0.15, 0.2) is 0 Å². The second-order valence-corrected chi connectivity index (χ2v) is 5.87. The van der Waals surface area contributed by atoms with Crippen LogP contribution in [0.3, 0.4) is 0 Å². The van der Waals surface area contributed by atoms with Gasteiger partial charge in [-0.1, -0.05) is 0 Å². The largest absolute Gasteiger partial charge is 0.462 e. The fourth-order valence-electron chi connectivity index (χ4n) is 2.76. The lowest BCUT2D eigenvalue weighted by Crippen LogP contribution is -2.12. The number of rotatable bonds is 3. The van der Waals surface area contributed by atoms with Gasteiger partial charge in [0.05, 0.1) is 17.9 Å². The highest BCUT2D eigenvalue weighted by atomic mass is 32.1. The number of nitrogens with zero attached hydrogens (tertiary/aromatic N) is 1. The summed E-state index contributed by atoms with van der Waals surface area (Å²) < 4.78 is 5.15. The maximum Gasteiger partial charge on any atom is 0.339 e. The first kappa shape index (κ1) is 13.8. The summed E-state index contributed by atoms with van der Waals surface area (Å²) in [5, 5.41) is 0.507. The zero-order chi connectivity index (χ0) is 15.1.